The van der Waals surface area contributed by atoms with Gasteiger partial charge in [-0.15, -0.1) is 0 Å². The molecule has 0 fully saturated rings. The molecule has 0 spiro atoms. The van der Waals surface area contributed by atoms with Gasteiger partial charge in [0.25, 0.3) is 5.91 Å². The van der Waals surface area contributed by atoms with Crippen LogP contribution in [0.25, 0.3) is 0 Å². The molecule has 0 aliphatic heterocycles. The lowest BCUT2D eigenvalue weighted by atomic mass is 10.0. The summed E-state index contributed by atoms with van der Waals surface area (Å²) >= 11 is 0. The largest absolute Gasteiger partial charge is 0.494 e. The first-order valence-corrected chi connectivity index (χ1v) is 10.8. The van der Waals surface area contributed by atoms with Crippen molar-refractivity contribution in [2.45, 2.75) is 19.4 Å². The average molecular weight is 446 g/mol. The number of benzene rings is 3. The zero-order valence-electron chi connectivity index (χ0n) is 18.4. The Balaban J connectivity index is 1.60. The van der Waals surface area contributed by atoms with Crippen LogP contribution in [-0.2, 0) is 16.0 Å². The Labute approximate surface area is 193 Å². The molecular weight excluding hydrogens is 418 g/mol. The lowest BCUT2D eigenvalue weighted by Crippen LogP contribution is -2.49. The van der Waals surface area contributed by atoms with Gasteiger partial charge in [0, 0.05) is 17.7 Å². The van der Waals surface area contributed by atoms with Crippen LogP contribution < -0.4 is 20.7 Å². The zero-order chi connectivity index (χ0) is 23.5. The van der Waals surface area contributed by atoms with Crippen LogP contribution >= 0.6 is 0 Å². The Hall–Kier alpha value is -4.13. The maximum atomic E-state index is 12.9. The number of amides is 3. The molecule has 0 bridgehead atoms. The third-order valence-corrected chi connectivity index (χ3v) is 4.81. The van der Waals surface area contributed by atoms with Gasteiger partial charge in [0.1, 0.15) is 11.8 Å². The Kier molecular flexibility index (Phi) is 8.59. The lowest BCUT2D eigenvalue weighted by Gasteiger charge is -2.19. The lowest BCUT2D eigenvalue weighted by molar-refractivity contribution is -0.125. The van der Waals surface area contributed by atoms with Crippen LogP contribution in [0.1, 0.15) is 22.8 Å². The van der Waals surface area contributed by atoms with Gasteiger partial charge in [0.15, 0.2) is 0 Å². The Bertz CT molecular complexity index is 1050. The van der Waals surface area contributed by atoms with Crippen molar-refractivity contribution in [1.82, 2.24) is 10.6 Å². The molecule has 33 heavy (non-hydrogen) atoms. The molecule has 0 aliphatic carbocycles. The highest BCUT2D eigenvalue weighted by atomic mass is 16.5. The first kappa shape index (κ1) is 23.5. The smallest absolute Gasteiger partial charge is 0.251 e. The van der Waals surface area contributed by atoms with E-state index in [1.807, 2.05) is 43.3 Å². The maximum Gasteiger partial charge on any atom is 0.251 e. The number of hydrogen-bond donors (Lipinski definition) is 3. The molecule has 0 saturated heterocycles. The third-order valence-electron chi connectivity index (χ3n) is 4.81. The van der Waals surface area contributed by atoms with Crippen molar-refractivity contribution in [1.29, 1.82) is 0 Å². The molecule has 7 nitrogen and oxygen atoms in total. The SMILES string of the molecule is CCOc1ccc(NC(=O)CNC(=O)C(Cc2ccccc2)NC(=O)c2ccccc2)cc1. The molecule has 0 saturated carbocycles. The number of nitrogens with one attached hydrogen (secondary N) is 3. The third kappa shape index (κ3) is 7.50. The molecule has 0 radical (unpaired) electrons. The predicted octanol–water partition coefficient (Wildman–Crippen LogP) is 3.18. The van der Waals surface area contributed by atoms with E-state index in [2.05, 4.69) is 16.0 Å². The quantitative estimate of drug-likeness (QED) is 0.447. The molecule has 0 aromatic heterocycles. The summed E-state index contributed by atoms with van der Waals surface area (Å²) < 4.78 is 5.38. The van der Waals surface area contributed by atoms with E-state index in [0.29, 0.717) is 30.0 Å². The van der Waals surface area contributed by atoms with Crippen molar-refractivity contribution in [3.63, 3.8) is 0 Å². The molecule has 0 aliphatic rings. The summed E-state index contributed by atoms with van der Waals surface area (Å²) in [4.78, 5) is 37.8. The van der Waals surface area contributed by atoms with Crippen LogP contribution in [0.2, 0.25) is 0 Å². The first-order chi connectivity index (χ1) is 16.0. The summed E-state index contributed by atoms with van der Waals surface area (Å²) in [5, 5.41) is 8.12. The van der Waals surface area contributed by atoms with Crippen LogP contribution in [0.4, 0.5) is 5.69 Å². The highest BCUT2D eigenvalue weighted by Crippen LogP contribution is 2.15. The summed E-state index contributed by atoms with van der Waals surface area (Å²) in [7, 11) is 0. The minimum Gasteiger partial charge on any atom is -0.494 e. The van der Waals surface area contributed by atoms with Gasteiger partial charge in [-0.3, -0.25) is 14.4 Å². The van der Waals surface area contributed by atoms with E-state index >= 15 is 0 Å². The van der Waals surface area contributed by atoms with Crippen LogP contribution in [-0.4, -0.2) is 36.9 Å². The number of rotatable bonds is 10. The van der Waals surface area contributed by atoms with Crippen LogP contribution in [0.5, 0.6) is 5.75 Å². The van der Waals surface area contributed by atoms with Crippen molar-refractivity contribution >= 4 is 23.4 Å². The second-order valence-corrected chi connectivity index (χ2v) is 7.31. The number of hydrogen-bond acceptors (Lipinski definition) is 4. The topological polar surface area (TPSA) is 96.5 Å². The summed E-state index contributed by atoms with van der Waals surface area (Å²) in [5.74, 6) is -0.461. The van der Waals surface area contributed by atoms with Gasteiger partial charge in [-0.25, -0.2) is 0 Å². The number of anilines is 1. The number of ether oxygens (including phenoxy) is 1. The van der Waals surface area contributed by atoms with Crippen molar-refractivity contribution in [3.05, 3.63) is 96.1 Å². The van der Waals surface area contributed by atoms with E-state index < -0.39 is 11.9 Å². The standard InChI is InChI=1S/C26H27N3O4/c1-2-33-22-15-13-21(14-16-22)28-24(30)18-27-26(32)23(17-19-9-5-3-6-10-19)29-25(31)20-11-7-4-8-12-20/h3-16,23H,2,17-18H2,1H3,(H,27,32)(H,28,30)(H,29,31). The van der Waals surface area contributed by atoms with Crippen molar-refractivity contribution in [2.24, 2.45) is 0 Å². The van der Waals surface area contributed by atoms with E-state index in [9.17, 15) is 14.4 Å². The first-order valence-electron chi connectivity index (χ1n) is 10.8. The van der Waals surface area contributed by atoms with Crippen molar-refractivity contribution < 1.29 is 19.1 Å². The molecular formula is C26H27N3O4. The van der Waals surface area contributed by atoms with Gasteiger partial charge >= 0.3 is 0 Å². The van der Waals surface area contributed by atoms with Gasteiger partial charge in [-0.05, 0) is 48.9 Å². The van der Waals surface area contributed by atoms with Gasteiger partial charge in [0.05, 0.1) is 13.2 Å². The predicted molar refractivity (Wildman–Crippen MR) is 127 cm³/mol. The van der Waals surface area contributed by atoms with Gasteiger partial charge < -0.3 is 20.7 Å². The molecule has 7 heteroatoms. The second kappa shape index (κ2) is 12.0. The summed E-state index contributed by atoms with van der Waals surface area (Å²) in [6.07, 6.45) is 0.297. The van der Waals surface area contributed by atoms with Crippen molar-refractivity contribution in [3.8, 4) is 5.75 Å². The van der Waals surface area contributed by atoms with E-state index in [1.54, 1.807) is 48.5 Å². The molecule has 3 amide bonds. The van der Waals surface area contributed by atoms with Gasteiger partial charge in [0.2, 0.25) is 11.8 Å². The van der Waals surface area contributed by atoms with E-state index in [-0.39, 0.29) is 18.4 Å². The number of carbonyl (C=O) groups is 3. The van der Waals surface area contributed by atoms with E-state index in [1.165, 1.54) is 0 Å². The summed E-state index contributed by atoms with van der Waals surface area (Å²) in [6, 6.07) is 24.2. The van der Waals surface area contributed by atoms with Crippen molar-refractivity contribution in [2.75, 3.05) is 18.5 Å². The average Bonchev–Trinajstić information content (AvgIpc) is 2.84. The fraction of sp³-hybridized carbons (Fsp3) is 0.192. The van der Waals surface area contributed by atoms with E-state index in [0.717, 1.165) is 5.56 Å². The maximum absolute atomic E-state index is 12.9. The zero-order valence-corrected chi connectivity index (χ0v) is 18.4. The fourth-order valence-electron chi connectivity index (χ4n) is 3.19. The highest BCUT2D eigenvalue weighted by molar-refractivity contribution is 5.99. The van der Waals surface area contributed by atoms with Gasteiger partial charge in [-0.2, -0.15) is 0 Å². The van der Waals surface area contributed by atoms with Crippen LogP contribution in [0.15, 0.2) is 84.9 Å². The number of carbonyl (C=O) groups excluding carboxylic acids is 3. The Morgan fingerprint density at radius 2 is 1.48 bits per heavy atom. The molecule has 1 atom stereocenters. The fourth-order valence-corrected chi connectivity index (χ4v) is 3.19. The monoisotopic (exact) mass is 445 g/mol. The molecule has 0 heterocycles. The summed E-state index contributed by atoms with van der Waals surface area (Å²) in [6.45, 7) is 2.23. The highest BCUT2D eigenvalue weighted by Gasteiger charge is 2.22. The molecule has 3 rings (SSSR count). The Morgan fingerprint density at radius 3 is 2.12 bits per heavy atom. The van der Waals surface area contributed by atoms with Crippen LogP contribution in [0.3, 0.4) is 0 Å². The minimum atomic E-state index is -0.835. The molecule has 3 aromatic carbocycles. The Morgan fingerprint density at radius 1 is 0.848 bits per heavy atom. The second-order valence-electron chi connectivity index (χ2n) is 7.31. The minimum absolute atomic E-state index is 0.224. The molecule has 1 unspecified atom stereocenters. The molecule has 3 aromatic rings. The summed E-state index contributed by atoms with van der Waals surface area (Å²) in [5.41, 5.74) is 1.94. The van der Waals surface area contributed by atoms with E-state index in [4.69, 9.17) is 4.74 Å². The normalized spacial score (nSPS) is 11.2. The molecule has 3 N–H and O–H groups in total. The molecule has 170 valence electrons. The van der Waals surface area contributed by atoms with Gasteiger partial charge in [-0.1, -0.05) is 48.5 Å². The van der Waals surface area contributed by atoms with Crippen LogP contribution in [0, 0.1) is 0 Å².